The summed E-state index contributed by atoms with van der Waals surface area (Å²) in [5.74, 6) is 0. The third kappa shape index (κ3) is 5.93. The van der Waals surface area contributed by atoms with E-state index in [4.69, 9.17) is 0 Å². The summed E-state index contributed by atoms with van der Waals surface area (Å²) in [5, 5.41) is 0. The minimum Gasteiger partial charge on any atom is -0.245 e. The molecule has 0 radical (unpaired) electrons. The fourth-order valence-electron chi connectivity index (χ4n) is 0.594. The van der Waals surface area contributed by atoms with Crippen LogP contribution in [-0.4, -0.2) is 5.67 Å². The van der Waals surface area contributed by atoms with Crippen molar-refractivity contribution in [1.29, 1.82) is 0 Å². The summed E-state index contributed by atoms with van der Waals surface area (Å²) in [4.78, 5) is 0. The van der Waals surface area contributed by atoms with E-state index in [2.05, 4.69) is 0 Å². The molecule has 44 valence electrons. The van der Waals surface area contributed by atoms with Crippen LogP contribution in [0.1, 0.15) is 33.6 Å². The molecule has 0 aliphatic rings. The van der Waals surface area contributed by atoms with Crippen LogP contribution in [0.5, 0.6) is 0 Å². The second-order valence-corrected chi connectivity index (χ2v) is 2.47. The SMILES string of the molecule is CCCC(C)(C)F. The van der Waals surface area contributed by atoms with Crippen molar-refractivity contribution in [1.82, 2.24) is 0 Å². The molecule has 0 nitrogen and oxygen atoms in total. The van der Waals surface area contributed by atoms with E-state index in [1.54, 1.807) is 13.8 Å². The third-order valence-electron chi connectivity index (χ3n) is 0.844. The first-order chi connectivity index (χ1) is 3.06. The van der Waals surface area contributed by atoms with Gasteiger partial charge in [-0.15, -0.1) is 0 Å². The summed E-state index contributed by atoms with van der Waals surface area (Å²) >= 11 is 0. The van der Waals surface area contributed by atoms with Gasteiger partial charge in [-0.3, -0.25) is 0 Å². The number of rotatable bonds is 2. The van der Waals surface area contributed by atoms with Gasteiger partial charge in [0.15, 0.2) is 0 Å². The Hall–Kier alpha value is -0.0700. The third-order valence-corrected chi connectivity index (χ3v) is 0.844. The first kappa shape index (κ1) is 6.93. The topological polar surface area (TPSA) is 0 Å². The van der Waals surface area contributed by atoms with Crippen LogP contribution in [0.25, 0.3) is 0 Å². The Balaban J connectivity index is 3.15. The highest BCUT2D eigenvalue weighted by Crippen LogP contribution is 2.14. The van der Waals surface area contributed by atoms with E-state index in [1.807, 2.05) is 6.92 Å². The molecule has 0 N–H and O–H groups in total. The molecule has 0 rings (SSSR count). The molecular formula is C6H13F. The van der Waals surface area contributed by atoms with Crippen molar-refractivity contribution in [2.45, 2.75) is 39.3 Å². The molecule has 0 amide bonds. The lowest BCUT2D eigenvalue weighted by atomic mass is 10.1. The highest BCUT2D eigenvalue weighted by Gasteiger charge is 2.11. The maximum Gasteiger partial charge on any atom is 0.105 e. The summed E-state index contributed by atoms with van der Waals surface area (Å²) in [5.41, 5.74) is -0.950. The van der Waals surface area contributed by atoms with Crippen LogP contribution in [0, 0.1) is 0 Å². The van der Waals surface area contributed by atoms with Gasteiger partial charge in [0, 0.05) is 0 Å². The van der Waals surface area contributed by atoms with E-state index < -0.39 is 5.67 Å². The predicted molar refractivity (Wildman–Crippen MR) is 30.1 cm³/mol. The van der Waals surface area contributed by atoms with Gasteiger partial charge in [0.2, 0.25) is 0 Å². The lowest BCUT2D eigenvalue weighted by Gasteiger charge is -2.10. The lowest BCUT2D eigenvalue weighted by Crippen LogP contribution is -2.09. The van der Waals surface area contributed by atoms with Crippen molar-refractivity contribution in [2.75, 3.05) is 0 Å². The molecule has 0 saturated heterocycles. The molecule has 0 aliphatic carbocycles. The summed E-state index contributed by atoms with van der Waals surface area (Å²) in [7, 11) is 0. The Morgan fingerprint density at radius 1 is 1.43 bits per heavy atom. The van der Waals surface area contributed by atoms with E-state index in [1.165, 1.54) is 0 Å². The fraction of sp³-hybridized carbons (Fsp3) is 1.00. The molecule has 0 fully saturated rings. The van der Waals surface area contributed by atoms with E-state index in [9.17, 15) is 4.39 Å². The molecule has 0 heterocycles. The minimum atomic E-state index is -0.950. The van der Waals surface area contributed by atoms with Gasteiger partial charge in [0.25, 0.3) is 0 Å². The second kappa shape index (κ2) is 2.29. The zero-order valence-electron chi connectivity index (χ0n) is 5.29. The molecule has 0 aromatic carbocycles. The maximum atomic E-state index is 12.4. The average molecular weight is 104 g/mol. The van der Waals surface area contributed by atoms with Gasteiger partial charge < -0.3 is 0 Å². The molecule has 0 aromatic rings. The molecule has 7 heavy (non-hydrogen) atoms. The van der Waals surface area contributed by atoms with Crippen molar-refractivity contribution < 1.29 is 4.39 Å². The normalized spacial score (nSPS) is 12.0. The maximum absolute atomic E-state index is 12.4. The Morgan fingerprint density at radius 3 is 1.86 bits per heavy atom. The summed E-state index contributed by atoms with van der Waals surface area (Å²) < 4.78 is 12.4. The Bertz CT molecular complexity index is 42.6. The first-order valence-electron chi connectivity index (χ1n) is 2.75. The molecule has 1 heteroatoms. The summed E-state index contributed by atoms with van der Waals surface area (Å²) in [6.45, 7) is 5.20. The van der Waals surface area contributed by atoms with Crippen molar-refractivity contribution in [3.8, 4) is 0 Å². The first-order valence-corrected chi connectivity index (χ1v) is 2.75. The summed E-state index contributed by atoms with van der Waals surface area (Å²) in [6, 6.07) is 0. The molecule has 0 aliphatic heterocycles. The van der Waals surface area contributed by atoms with Crippen LogP contribution in [0.2, 0.25) is 0 Å². The number of alkyl halides is 1. The van der Waals surface area contributed by atoms with E-state index >= 15 is 0 Å². The predicted octanol–water partition coefficient (Wildman–Crippen LogP) is 2.53. The van der Waals surface area contributed by atoms with Gasteiger partial charge in [0.05, 0.1) is 0 Å². The van der Waals surface area contributed by atoms with Crippen LogP contribution >= 0.6 is 0 Å². The van der Waals surface area contributed by atoms with Crippen LogP contribution in [0.3, 0.4) is 0 Å². The zero-order chi connectivity index (χ0) is 5.91. The molecular weight excluding hydrogens is 91.1 g/mol. The van der Waals surface area contributed by atoms with E-state index in [0.717, 1.165) is 6.42 Å². The van der Waals surface area contributed by atoms with Crippen LogP contribution < -0.4 is 0 Å². The standard InChI is InChI=1S/C6H13F/c1-4-5-6(2,3)7/h4-5H2,1-3H3. The van der Waals surface area contributed by atoms with Crippen molar-refractivity contribution in [3.63, 3.8) is 0 Å². The van der Waals surface area contributed by atoms with Gasteiger partial charge in [-0.05, 0) is 20.3 Å². The van der Waals surface area contributed by atoms with E-state index in [0.29, 0.717) is 6.42 Å². The van der Waals surface area contributed by atoms with Gasteiger partial charge in [0.1, 0.15) is 5.67 Å². The van der Waals surface area contributed by atoms with Gasteiger partial charge in [-0.25, -0.2) is 4.39 Å². The van der Waals surface area contributed by atoms with Crippen molar-refractivity contribution >= 4 is 0 Å². The zero-order valence-corrected chi connectivity index (χ0v) is 5.29. The second-order valence-electron chi connectivity index (χ2n) is 2.47. The molecule has 0 atom stereocenters. The van der Waals surface area contributed by atoms with Crippen LogP contribution in [0.4, 0.5) is 4.39 Å². The lowest BCUT2D eigenvalue weighted by molar-refractivity contribution is 0.200. The van der Waals surface area contributed by atoms with E-state index in [-0.39, 0.29) is 0 Å². The van der Waals surface area contributed by atoms with Crippen molar-refractivity contribution in [3.05, 3.63) is 0 Å². The molecule has 0 aromatic heterocycles. The van der Waals surface area contributed by atoms with Crippen LogP contribution in [0.15, 0.2) is 0 Å². The van der Waals surface area contributed by atoms with Crippen LogP contribution in [-0.2, 0) is 0 Å². The Kier molecular flexibility index (Phi) is 2.27. The smallest absolute Gasteiger partial charge is 0.105 e. The largest absolute Gasteiger partial charge is 0.245 e. The molecule has 0 unspecified atom stereocenters. The number of hydrogen-bond acceptors (Lipinski definition) is 0. The molecule has 0 saturated carbocycles. The van der Waals surface area contributed by atoms with Crippen molar-refractivity contribution in [2.24, 2.45) is 0 Å². The number of hydrogen-bond donors (Lipinski definition) is 0. The highest BCUT2D eigenvalue weighted by atomic mass is 19.1. The fourth-order valence-corrected chi connectivity index (χ4v) is 0.594. The summed E-state index contributed by atoms with van der Waals surface area (Å²) in [6.07, 6.45) is 1.61. The van der Waals surface area contributed by atoms with Gasteiger partial charge in [-0.2, -0.15) is 0 Å². The number of halogens is 1. The minimum absolute atomic E-state index is 0.674. The monoisotopic (exact) mass is 104 g/mol. The Morgan fingerprint density at radius 2 is 1.86 bits per heavy atom. The highest BCUT2D eigenvalue weighted by molar-refractivity contribution is 4.62. The Labute approximate surface area is 44.7 Å². The quantitative estimate of drug-likeness (QED) is 0.505. The molecule has 0 bridgehead atoms. The van der Waals surface area contributed by atoms with Gasteiger partial charge >= 0.3 is 0 Å². The van der Waals surface area contributed by atoms with Gasteiger partial charge in [-0.1, -0.05) is 13.3 Å². The average Bonchev–Trinajstić information content (AvgIpc) is 1.30. The molecule has 0 spiro atoms.